The molecule has 1 saturated heterocycles. The second kappa shape index (κ2) is 5.36. The van der Waals surface area contributed by atoms with Gasteiger partial charge in [0.05, 0.1) is 5.69 Å². The van der Waals surface area contributed by atoms with Gasteiger partial charge in [-0.1, -0.05) is 24.5 Å². The van der Waals surface area contributed by atoms with E-state index in [0.717, 1.165) is 18.2 Å². The van der Waals surface area contributed by atoms with Gasteiger partial charge in [0.15, 0.2) is 0 Å². The van der Waals surface area contributed by atoms with Crippen LogP contribution < -0.4 is 5.32 Å². The van der Waals surface area contributed by atoms with Crippen LogP contribution in [-0.4, -0.2) is 44.6 Å². The first-order chi connectivity index (χ1) is 10.3. The number of rotatable bonds is 3. The van der Waals surface area contributed by atoms with E-state index in [1.54, 1.807) is 0 Å². The molecule has 1 aromatic heterocycles. The van der Waals surface area contributed by atoms with Crippen LogP contribution in [0.1, 0.15) is 50.6 Å². The van der Waals surface area contributed by atoms with E-state index in [-0.39, 0.29) is 0 Å². The van der Waals surface area contributed by atoms with E-state index < -0.39 is 0 Å². The van der Waals surface area contributed by atoms with Crippen molar-refractivity contribution in [2.75, 3.05) is 13.1 Å². The lowest BCUT2D eigenvalue weighted by Crippen LogP contribution is -2.65. The van der Waals surface area contributed by atoms with Crippen molar-refractivity contribution in [3.05, 3.63) is 11.9 Å². The minimum atomic E-state index is 0.376. The van der Waals surface area contributed by atoms with Crippen molar-refractivity contribution in [1.82, 2.24) is 25.2 Å². The second-order valence-corrected chi connectivity index (χ2v) is 7.37. The molecule has 2 saturated carbocycles. The lowest BCUT2D eigenvalue weighted by Gasteiger charge is -2.52. The third-order valence-corrected chi connectivity index (χ3v) is 5.76. The van der Waals surface area contributed by atoms with Crippen molar-refractivity contribution in [1.29, 1.82) is 0 Å². The highest BCUT2D eigenvalue weighted by atomic mass is 15.4. The van der Waals surface area contributed by atoms with Crippen molar-refractivity contribution >= 4 is 0 Å². The molecular formula is C16H27N5. The predicted octanol–water partition coefficient (Wildman–Crippen LogP) is 1.70. The summed E-state index contributed by atoms with van der Waals surface area (Å²) in [7, 11) is 1.96. The number of aryl methyl sites for hydroxylation is 1. The smallest absolute Gasteiger partial charge is 0.0967 e. The molecule has 1 aromatic rings. The van der Waals surface area contributed by atoms with E-state index in [9.17, 15) is 0 Å². The summed E-state index contributed by atoms with van der Waals surface area (Å²) in [5.74, 6) is 0.926. The van der Waals surface area contributed by atoms with E-state index in [1.807, 2.05) is 11.7 Å². The first-order valence-electron chi connectivity index (χ1n) is 8.59. The molecule has 0 amide bonds. The summed E-state index contributed by atoms with van der Waals surface area (Å²) in [6.45, 7) is 3.34. The summed E-state index contributed by atoms with van der Waals surface area (Å²) in [6, 6.07) is 0.703. The Morgan fingerprint density at radius 1 is 1.29 bits per heavy atom. The normalized spacial score (nSPS) is 29.9. The quantitative estimate of drug-likeness (QED) is 0.920. The Balaban J connectivity index is 1.53. The van der Waals surface area contributed by atoms with Crippen LogP contribution in [0.25, 0.3) is 0 Å². The minimum absolute atomic E-state index is 0.376. The van der Waals surface area contributed by atoms with Crippen LogP contribution in [0, 0.1) is 5.92 Å². The first-order valence-corrected chi connectivity index (χ1v) is 8.59. The van der Waals surface area contributed by atoms with E-state index in [4.69, 9.17) is 0 Å². The maximum atomic E-state index is 4.32. The summed E-state index contributed by atoms with van der Waals surface area (Å²) in [5.41, 5.74) is 1.50. The number of nitrogens with zero attached hydrogens (tertiary/aromatic N) is 4. The van der Waals surface area contributed by atoms with Gasteiger partial charge in [-0.2, -0.15) is 0 Å². The Labute approximate surface area is 127 Å². The molecule has 1 spiro atoms. The fourth-order valence-corrected chi connectivity index (χ4v) is 4.34. The molecule has 3 fully saturated rings. The average Bonchev–Trinajstić information content (AvgIpc) is 3.26. The molecule has 2 heterocycles. The average molecular weight is 289 g/mol. The minimum Gasteiger partial charge on any atom is -0.311 e. The number of piperazine rings is 1. The van der Waals surface area contributed by atoms with Gasteiger partial charge < -0.3 is 5.32 Å². The molecular weight excluding hydrogens is 262 g/mol. The van der Waals surface area contributed by atoms with E-state index in [0.29, 0.717) is 11.6 Å². The van der Waals surface area contributed by atoms with E-state index >= 15 is 0 Å². The molecule has 0 aromatic carbocycles. The molecule has 1 atom stereocenters. The van der Waals surface area contributed by atoms with Gasteiger partial charge in [-0.15, -0.1) is 5.10 Å². The van der Waals surface area contributed by atoms with Crippen molar-refractivity contribution in [3.8, 4) is 0 Å². The summed E-state index contributed by atoms with van der Waals surface area (Å²) >= 11 is 0. The molecule has 1 aliphatic heterocycles. The van der Waals surface area contributed by atoms with Crippen LogP contribution in [0.5, 0.6) is 0 Å². The summed E-state index contributed by atoms with van der Waals surface area (Å²) in [5, 5.41) is 12.3. The lowest BCUT2D eigenvalue weighted by atomic mass is 9.78. The molecule has 0 bridgehead atoms. The van der Waals surface area contributed by atoms with Crippen molar-refractivity contribution in [3.63, 3.8) is 0 Å². The Morgan fingerprint density at radius 2 is 2.10 bits per heavy atom. The molecule has 2 aliphatic carbocycles. The monoisotopic (exact) mass is 289 g/mol. The van der Waals surface area contributed by atoms with Crippen LogP contribution in [0.3, 0.4) is 0 Å². The lowest BCUT2D eigenvalue weighted by molar-refractivity contribution is -0.00114. The highest BCUT2D eigenvalue weighted by Gasteiger charge is 2.45. The molecule has 5 nitrogen and oxygen atoms in total. The van der Waals surface area contributed by atoms with Crippen LogP contribution in [-0.2, 0) is 13.6 Å². The predicted molar refractivity (Wildman–Crippen MR) is 81.7 cm³/mol. The highest BCUT2D eigenvalue weighted by Crippen LogP contribution is 2.40. The molecule has 3 aliphatic rings. The van der Waals surface area contributed by atoms with Gasteiger partial charge in [0, 0.05) is 44.5 Å². The Hall–Kier alpha value is -0.940. The van der Waals surface area contributed by atoms with Crippen molar-refractivity contribution < 1.29 is 0 Å². The Kier molecular flexibility index (Phi) is 3.50. The Morgan fingerprint density at radius 3 is 2.76 bits per heavy atom. The molecule has 1 unspecified atom stereocenters. The molecule has 21 heavy (non-hydrogen) atoms. The van der Waals surface area contributed by atoms with Crippen LogP contribution >= 0.6 is 0 Å². The van der Waals surface area contributed by atoms with Gasteiger partial charge in [0.1, 0.15) is 0 Å². The van der Waals surface area contributed by atoms with Crippen LogP contribution in [0.2, 0.25) is 0 Å². The zero-order valence-electron chi connectivity index (χ0n) is 13.1. The van der Waals surface area contributed by atoms with Crippen molar-refractivity contribution in [2.45, 2.75) is 63.1 Å². The summed E-state index contributed by atoms with van der Waals surface area (Å²) < 4.78 is 1.82. The number of hydrogen-bond acceptors (Lipinski definition) is 4. The molecule has 116 valence electrons. The zero-order chi connectivity index (χ0) is 14.3. The highest BCUT2D eigenvalue weighted by molar-refractivity contribution is 5.06. The standard InChI is InChI=1S/C16H27N5/c1-20-9-14(18-19-20)10-21-11-15(13-5-6-13)17-12-16(21)7-3-2-4-8-16/h9,13,15,17H,2-8,10-12H2,1H3. The third kappa shape index (κ3) is 2.73. The van der Waals surface area contributed by atoms with Gasteiger partial charge in [0.25, 0.3) is 0 Å². The number of aromatic nitrogens is 3. The topological polar surface area (TPSA) is 46.0 Å². The van der Waals surface area contributed by atoms with Crippen LogP contribution in [0.15, 0.2) is 6.20 Å². The fourth-order valence-electron chi connectivity index (χ4n) is 4.34. The largest absolute Gasteiger partial charge is 0.311 e. The van der Waals surface area contributed by atoms with Gasteiger partial charge in [-0.25, -0.2) is 0 Å². The number of hydrogen-bond donors (Lipinski definition) is 1. The first kappa shape index (κ1) is 13.7. The maximum Gasteiger partial charge on any atom is 0.0967 e. The summed E-state index contributed by atoms with van der Waals surface area (Å²) in [6.07, 6.45) is 11.8. The van der Waals surface area contributed by atoms with Crippen LogP contribution in [0.4, 0.5) is 0 Å². The molecule has 5 heteroatoms. The van der Waals surface area contributed by atoms with Gasteiger partial charge in [-0.3, -0.25) is 9.58 Å². The molecule has 4 rings (SSSR count). The summed E-state index contributed by atoms with van der Waals surface area (Å²) in [4.78, 5) is 2.75. The second-order valence-electron chi connectivity index (χ2n) is 7.37. The van der Waals surface area contributed by atoms with E-state index in [1.165, 1.54) is 58.0 Å². The van der Waals surface area contributed by atoms with Gasteiger partial charge in [0.2, 0.25) is 0 Å². The van der Waals surface area contributed by atoms with Crippen molar-refractivity contribution in [2.24, 2.45) is 13.0 Å². The van der Waals surface area contributed by atoms with Gasteiger partial charge in [-0.05, 0) is 31.6 Å². The molecule has 0 radical (unpaired) electrons. The van der Waals surface area contributed by atoms with Gasteiger partial charge >= 0.3 is 0 Å². The van der Waals surface area contributed by atoms with E-state index in [2.05, 4.69) is 26.7 Å². The maximum absolute atomic E-state index is 4.32. The Bertz CT molecular complexity index is 487. The third-order valence-electron chi connectivity index (χ3n) is 5.76. The molecule has 1 N–H and O–H groups in total. The number of nitrogens with one attached hydrogen (secondary N) is 1. The fraction of sp³-hybridized carbons (Fsp3) is 0.875. The SMILES string of the molecule is Cn1cc(CN2CC(C3CC3)NCC23CCCCC3)nn1. The zero-order valence-corrected chi connectivity index (χ0v) is 13.1.